The molecule has 1 N–H and O–H groups in total. The number of carbonyl (C=O) groups is 1. The summed E-state index contributed by atoms with van der Waals surface area (Å²) >= 11 is 0. The third-order valence-electron chi connectivity index (χ3n) is 5.06. The van der Waals surface area contributed by atoms with Crippen LogP contribution in [0, 0.1) is 17.8 Å². The van der Waals surface area contributed by atoms with Crippen molar-refractivity contribution < 1.29 is 23.1 Å². The molecular formula is C14H20F3NO2. The van der Waals surface area contributed by atoms with E-state index in [9.17, 15) is 23.1 Å². The van der Waals surface area contributed by atoms with Gasteiger partial charge in [0.15, 0.2) is 0 Å². The molecule has 0 bridgehead atoms. The van der Waals surface area contributed by atoms with Crippen molar-refractivity contribution in [3.63, 3.8) is 0 Å². The summed E-state index contributed by atoms with van der Waals surface area (Å²) in [4.78, 5) is 13.8. The zero-order valence-corrected chi connectivity index (χ0v) is 11.3. The van der Waals surface area contributed by atoms with Crippen molar-refractivity contribution in [3.8, 4) is 0 Å². The Bertz CT molecular complexity index is 400. The minimum atomic E-state index is -4.19. The predicted octanol–water partition coefficient (Wildman–Crippen LogP) is 2.34. The van der Waals surface area contributed by atoms with Gasteiger partial charge in [0.2, 0.25) is 5.91 Å². The van der Waals surface area contributed by atoms with Gasteiger partial charge in [-0.05, 0) is 38.0 Å². The molecule has 0 aromatic rings. The Morgan fingerprint density at radius 3 is 2.35 bits per heavy atom. The number of aliphatic hydroxyl groups is 1. The van der Waals surface area contributed by atoms with Crippen LogP contribution < -0.4 is 0 Å². The maximum absolute atomic E-state index is 12.7. The van der Waals surface area contributed by atoms with Crippen LogP contribution in [0.4, 0.5) is 13.2 Å². The summed E-state index contributed by atoms with van der Waals surface area (Å²) in [6.07, 6.45) is -1.13. The van der Waals surface area contributed by atoms with Crippen molar-refractivity contribution in [3.05, 3.63) is 0 Å². The van der Waals surface area contributed by atoms with Crippen LogP contribution in [0.1, 0.15) is 38.5 Å². The maximum Gasteiger partial charge on any atom is 0.391 e. The fourth-order valence-corrected chi connectivity index (χ4v) is 3.62. The van der Waals surface area contributed by atoms with Gasteiger partial charge in [0.1, 0.15) is 5.60 Å². The second-order valence-corrected chi connectivity index (χ2v) is 6.67. The first-order valence-corrected chi connectivity index (χ1v) is 7.37. The largest absolute Gasteiger partial charge is 0.391 e. The zero-order chi connectivity index (χ0) is 14.5. The summed E-state index contributed by atoms with van der Waals surface area (Å²) in [5.74, 6) is -1.75. The molecule has 3 aliphatic rings. The molecule has 3 rings (SSSR count). The molecule has 1 heterocycles. The van der Waals surface area contributed by atoms with Crippen LogP contribution in [-0.2, 0) is 4.79 Å². The van der Waals surface area contributed by atoms with Gasteiger partial charge >= 0.3 is 6.18 Å². The molecule has 20 heavy (non-hydrogen) atoms. The van der Waals surface area contributed by atoms with Crippen LogP contribution in [0.2, 0.25) is 0 Å². The van der Waals surface area contributed by atoms with E-state index in [1.54, 1.807) is 4.90 Å². The second kappa shape index (κ2) is 4.61. The van der Waals surface area contributed by atoms with Gasteiger partial charge in [0.05, 0.1) is 19.0 Å². The van der Waals surface area contributed by atoms with E-state index in [-0.39, 0.29) is 18.7 Å². The van der Waals surface area contributed by atoms with E-state index in [0.29, 0.717) is 31.8 Å². The van der Waals surface area contributed by atoms with Gasteiger partial charge in [-0.2, -0.15) is 13.2 Å². The Morgan fingerprint density at radius 2 is 1.80 bits per heavy atom. The van der Waals surface area contributed by atoms with Gasteiger partial charge in [0.25, 0.3) is 0 Å². The van der Waals surface area contributed by atoms with Crippen molar-refractivity contribution in [1.82, 2.24) is 4.90 Å². The van der Waals surface area contributed by atoms with Crippen molar-refractivity contribution in [2.24, 2.45) is 17.8 Å². The van der Waals surface area contributed by atoms with Gasteiger partial charge in [-0.25, -0.2) is 0 Å². The van der Waals surface area contributed by atoms with Crippen LogP contribution in [0.5, 0.6) is 0 Å². The second-order valence-electron chi connectivity index (χ2n) is 6.67. The third-order valence-corrected chi connectivity index (χ3v) is 5.06. The normalized spacial score (nSPS) is 33.7. The molecule has 0 aromatic heterocycles. The highest BCUT2D eigenvalue weighted by atomic mass is 19.4. The smallest absolute Gasteiger partial charge is 0.386 e. The Labute approximate surface area is 116 Å². The highest BCUT2D eigenvalue weighted by Gasteiger charge is 2.54. The molecule has 0 spiro atoms. The zero-order valence-electron chi connectivity index (χ0n) is 11.3. The lowest BCUT2D eigenvalue weighted by Crippen LogP contribution is -2.65. The molecule has 2 saturated carbocycles. The topological polar surface area (TPSA) is 40.5 Å². The Kier molecular flexibility index (Phi) is 3.27. The molecule has 2 atom stereocenters. The van der Waals surface area contributed by atoms with Crippen LogP contribution in [0.3, 0.4) is 0 Å². The van der Waals surface area contributed by atoms with Crippen LogP contribution >= 0.6 is 0 Å². The molecule has 1 amide bonds. The number of halogens is 3. The number of alkyl halides is 3. The van der Waals surface area contributed by atoms with E-state index < -0.39 is 23.6 Å². The van der Waals surface area contributed by atoms with E-state index in [0.717, 1.165) is 12.8 Å². The predicted molar refractivity (Wildman–Crippen MR) is 65.8 cm³/mol. The molecule has 0 radical (unpaired) electrons. The summed E-state index contributed by atoms with van der Waals surface area (Å²) < 4.78 is 38.2. The van der Waals surface area contributed by atoms with Crippen LogP contribution in [0.25, 0.3) is 0 Å². The summed E-state index contributed by atoms with van der Waals surface area (Å²) in [5.41, 5.74) is -0.756. The van der Waals surface area contributed by atoms with Crippen molar-refractivity contribution in [1.29, 1.82) is 0 Å². The number of carbonyl (C=O) groups excluding carboxylic acids is 1. The van der Waals surface area contributed by atoms with Gasteiger partial charge in [-0.1, -0.05) is 6.42 Å². The number of β-amino-alcohol motifs (C(OH)–C–C–N with tert-alkyl or cyclic N) is 1. The van der Waals surface area contributed by atoms with Crippen LogP contribution in [0.15, 0.2) is 0 Å². The molecule has 3 fully saturated rings. The Balaban J connectivity index is 1.55. The first-order chi connectivity index (χ1) is 9.29. The lowest BCUT2D eigenvalue weighted by Gasteiger charge is -2.48. The molecule has 114 valence electrons. The lowest BCUT2D eigenvalue weighted by molar-refractivity contribution is -0.190. The van der Waals surface area contributed by atoms with Gasteiger partial charge in [-0.15, -0.1) is 0 Å². The standard InChI is InChI=1S/C14H20F3NO2/c15-14(16,17)11-3-1-2-9(6-11)12(19)18-7-13(20,8-18)10-4-5-10/h9-11,20H,1-8H2. The average molecular weight is 291 g/mol. The number of likely N-dealkylation sites (tertiary alicyclic amines) is 1. The molecule has 6 heteroatoms. The number of hydrogen-bond donors (Lipinski definition) is 1. The molecule has 0 aromatic carbocycles. The summed E-state index contributed by atoms with van der Waals surface area (Å²) in [6.45, 7) is 0.618. The third kappa shape index (κ3) is 2.54. The van der Waals surface area contributed by atoms with E-state index in [1.165, 1.54) is 0 Å². The fraction of sp³-hybridized carbons (Fsp3) is 0.929. The maximum atomic E-state index is 12.7. The number of hydrogen-bond acceptors (Lipinski definition) is 2. The molecule has 1 aliphatic heterocycles. The van der Waals surface area contributed by atoms with Gasteiger partial charge in [-0.3, -0.25) is 4.79 Å². The molecule has 2 aliphatic carbocycles. The minimum Gasteiger partial charge on any atom is -0.386 e. The number of amides is 1. The highest BCUT2D eigenvalue weighted by Crippen LogP contribution is 2.46. The monoisotopic (exact) mass is 291 g/mol. The lowest BCUT2D eigenvalue weighted by atomic mass is 9.79. The highest BCUT2D eigenvalue weighted by molar-refractivity contribution is 5.80. The van der Waals surface area contributed by atoms with Gasteiger partial charge in [0, 0.05) is 5.92 Å². The molecule has 2 unspecified atom stereocenters. The Morgan fingerprint density at radius 1 is 1.15 bits per heavy atom. The molecular weight excluding hydrogens is 271 g/mol. The van der Waals surface area contributed by atoms with Gasteiger partial charge < -0.3 is 10.0 Å². The van der Waals surface area contributed by atoms with E-state index in [2.05, 4.69) is 0 Å². The number of nitrogens with zero attached hydrogens (tertiary/aromatic N) is 1. The average Bonchev–Trinajstić information content (AvgIpc) is 3.18. The van der Waals surface area contributed by atoms with E-state index in [4.69, 9.17) is 0 Å². The number of rotatable bonds is 2. The van der Waals surface area contributed by atoms with E-state index in [1.807, 2.05) is 0 Å². The van der Waals surface area contributed by atoms with Crippen molar-refractivity contribution in [2.45, 2.75) is 50.3 Å². The molecule has 3 nitrogen and oxygen atoms in total. The fourth-order valence-electron chi connectivity index (χ4n) is 3.62. The summed E-state index contributed by atoms with van der Waals surface area (Å²) in [5, 5.41) is 10.2. The first-order valence-electron chi connectivity index (χ1n) is 7.37. The summed E-state index contributed by atoms with van der Waals surface area (Å²) in [6, 6.07) is 0. The quantitative estimate of drug-likeness (QED) is 0.848. The molecule has 1 saturated heterocycles. The SMILES string of the molecule is O=C(C1CCCC(C(F)(F)F)C1)N1CC(O)(C2CC2)C1. The van der Waals surface area contributed by atoms with E-state index >= 15 is 0 Å². The van der Waals surface area contributed by atoms with Crippen LogP contribution in [-0.4, -0.2) is 40.8 Å². The van der Waals surface area contributed by atoms with Crippen molar-refractivity contribution in [2.75, 3.05) is 13.1 Å². The summed E-state index contributed by atoms with van der Waals surface area (Å²) in [7, 11) is 0. The Hall–Kier alpha value is -0.780. The van der Waals surface area contributed by atoms with Crippen molar-refractivity contribution >= 4 is 5.91 Å². The minimum absolute atomic E-state index is 0.0826. The first kappa shape index (κ1) is 14.2.